The maximum Gasteiger partial charge on any atom is 0.328 e. The van der Waals surface area contributed by atoms with Gasteiger partial charge < -0.3 is 24.4 Å². The minimum Gasteiger partial charge on any atom is -0.467 e. The van der Waals surface area contributed by atoms with Crippen molar-refractivity contribution in [2.24, 2.45) is 0 Å². The summed E-state index contributed by atoms with van der Waals surface area (Å²) >= 11 is 0. The molecule has 1 atom stereocenters. The van der Waals surface area contributed by atoms with Crippen LogP contribution < -0.4 is 10.2 Å². The van der Waals surface area contributed by atoms with Gasteiger partial charge in [0, 0.05) is 62.3 Å². The van der Waals surface area contributed by atoms with Gasteiger partial charge in [0.25, 0.3) is 0 Å². The Morgan fingerprint density at radius 2 is 1.84 bits per heavy atom. The number of nitrogens with one attached hydrogen (secondary N) is 1. The molecular weight excluding hydrogens is 408 g/mol. The number of esters is 1. The summed E-state index contributed by atoms with van der Waals surface area (Å²) in [5.74, 6) is 0.294. The van der Waals surface area contributed by atoms with E-state index < -0.39 is 6.04 Å². The second-order valence-corrected chi connectivity index (χ2v) is 7.81. The Balaban J connectivity index is 1.48. The number of ether oxygens (including phenoxy) is 1. The Bertz CT molecular complexity index is 1100. The molecule has 0 aliphatic carbocycles. The maximum absolute atomic E-state index is 12.1. The van der Waals surface area contributed by atoms with Crippen LogP contribution in [0.3, 0.4) is 0 Å². The Morgan fingerprint density at radius 3 is 2.47 bits per heavy atom. The monoisotopic (exact) mass is 436 g/mol. The molecule has 1 aliphatic rings. The number of piperazine rings is 1. The van der Waals surface area contributed by atoms with Gasteiger partial charge >= 0.3 is 5.97 Å². The number of benzene rings is 1. The van der Waals surface area contributed by atoms with E-state index in [1.807, 2.05) is 40.8 Å². The first-order valence-corrected chi connectivity index (χ1v) is 10.8. The highest BCUT2D eigenvalue weighted by Gasteiger charge is 2.22. The molecule has 0 radical (unpaired) electrons. The van der Waals surface area contributed by atoms with Gasteiger partial charge in [0.05, 0.1) is 7.11 Å². The third-order valence-electron chi connectivity index (χ3n) is 5.86. The Kier molecular flexibility index (Phi) is 6.25. The van der Waals surface area contributed by atoms with Gasteiger partial charge in [-0.25, -0.2) is 9.78 Å². The summed E-state index contributed by atoms with van der Waals surface area (Å²) in [5, 5.41) is 4.10. The smallest absolute Gasteiger partial charge is 0.328 e. The predicted molar refractivity (Wildman–Crippen MR) is 123 cm³/mol. The number of anilines is 3. The number of carbonyl (C=O) groups excluding carboxylic acids is 2. The van der Waals surface area contributed by atoms with Crippen LogP contribution in [0.2, 0.25) is 0 Å². The molecule has 2 aromatic heterocycles. The average molecular weight is 437 g/mol. The third-order valence-corrected chi connectivity index (χ3v) is 5.86. The van der Waals surface area contributed by atoms with Crippen molar-refractivity contribution < 1.29 is 14.3 Å². The van der Waals surface area contributed by atoms with E-state index in [0.717, 1.165) is 42.9 Å². The molecule has 1 saturated heterocycles. The fraction of sp³-hybridized carbons (Fsp3) is 0.391. The van der Waals surface area contributed by atoms with E-state index in [-0.39, 0.29) is 11.9 Å². The molecular formula is C23H28N6O3. The van der Waals surface area contributed by atoms with Crippen LogP contribution in [0.25, 0.3) is 11.0 Å². The Labute approximate surface area is 187 Å². The zero-order valence-corrected chi connectivity index (χ0v) is 18.6. The lowest BCUT2D eigenvalue weighted by Crippen LogP contribution is -2.48. The highest BCUT2D eigenvalue weighted by molar-refractivity contribution is 5.81. The number of hydrogen-bond donors (Lipinski definition) is 1. The van der Waals surface area contributed by atoms with Gasteiger partial charge in [0.15, 0.2) is 0 Å². The van der Waals surface area contributed by atoms with Gasteiger partial charge in [-0.3, -0.25) is 4.79 Å². The van der Waals surface area contributed by atoms with E-state index in [1.54, 1.807) is 13.1 Å². The number of amides is 1. The predicted octanol–water partition coefficient (Wildman–Crippen LogP) is 2.97. The lowest BCUT2D eigenvalue weighted by molar-refractivity contribution is -0.144. The molecule has 3 aromatic rings. The van der Waals surface area contributed by atoms with Crippen LogP contribution in [0.4, 0.5) is 17.3 Å². The summed E-state index contributed by atoms with van der Waals surface area (Å²) in [6.45, 7) is 6.68. The van der Waals surface area contributed by atoms with E-state index in [0.29, 0.717) is 18.0 Å². The van der Waals surface area contributed by atoms with Gasteiger partial charge in [-0.05, 0) is 36.8 Å². The molecule has 1 aliphatic heterocycles. The molecule has 0 saturated carbocycles. The number of hydrogen-bond acceptors (Lipinski definition) is 7. The van der Waals surface area contributed by atoms with E-state index in [4.69, 9.17) is 4.74 Å². The van der Waals surface area contributed by atoms with Crippen molar-refractivity contribution in [3.8, 4) is 0 Å². The Morgan fingerprint density at radius 1 is 1.12 bits per heavy atom. The van der Waals surface area contributed by atoms with Crippen molar-refractivity contribution in [3.63, 3.8) is 0 Å². The van der Waals surface area contributed by atoms with Crippen LogP contribution in [-0.2, 0) is 14.3 Å². The van der Waals surface area contributed by atoms with E-state index >= 15 is 0 Å². The van der Waals surface area contributed by atoms with Crippen LogP contribution >= 0.6 is 0 Å². The summed E-state index contributed by atoms with van der Waals surface area (Å²) in [6.07, 6.45) is 4.19. The number of rotatable bonds is 6. The van der Waals surface area contributed by atoms with Gasteiger partial charge in [-0.15, -0.1) is 0 Å². The highest BCUT2D eigenvalue weighted by Crippen LogP contribution is 2.24. The first kappa shape index (κ1) is 21.6. The lowest BCUT2D eigenvalue weighted by atomic mass is 10.2. The molecule has 1 aromatic carbocycles. The lowest BCUT2D eigenvalue weighted by Gasteiger charge is -2.35. The molecule has 32 heavy (non-hydrogen) atoms. The second kappa shape index (κ2) is 9.25. The topological polar surface area (TPSA) is 92.6 Å². The summed E-state index contributed by atoms with van der Waals surface area (Å²) in [6, 6.07) is 9.55. The standard InChI is InChI=1S/C23H28N6O3/c1-4-20(22(31)32-3)29-10-9-17-15-24-23(26-21(17)29)25-18-5-7-19(8-6-18)28-13-11-27(12-14-28)16(2)30/h5-10,15,20H,4,11-14H2,1-3H3,(H,24,25,26). The van der Waals surface area contributed by atoms with Crippen molar-refractivity contribution in [2.75, 3.05) is 43.5 Å². The minimum atomic E-state index is -0.428. The van der Waals surface area contributed by atoms with Gasteiger partial charge in [-0.1, -0.05) is 6.92 Å². The highest BCUT2D eigenvalue weighted by atomic mass is 16.5. The average Bonchev–Trinajstić information content (AvgIpc) is 3.23. The summed E-state index contributed by atoms with van der Waals surface area (Å²) in [5.41, 5.74) is 2.67. The first-order chi connectivity index (χ1) is 15.5. The molecule has 9 nitrogen and oxygen atoms in total. The van der Waals surface area contributed by atoms with Crippen LogP contribution in [0.1, 0.15) is 26.3 Å². The molecule has 1 amide bonds. The van der Waals surface area contributed by atoms with Gasteiger partial charge in [-0.2, -0.15) is 4.98 Å². The first-order valence-electron chi connectivity index (χ1n) is 10.8. The molecule has 9 heteroatoms. The van der Waals surface area contributed by atoms with Crippen LogP contribution in [0, 0.1) is 0 Å². The van der Waals surface area contributed by atoms with Crippen molar-refractivity contribution in [2.45, 2.75) is 26.3 Å². The summed E-state index contributed by atoms with van der Waals surface area (Å²) in [4.78, 5) is 36.9. The van der Waals surface area contributed by atoms with E-state index in [2.05, 4.69) is 32.3 Å². The molecule has 4 rings (SSSR count). The molecule has 0 bridgehead atoms. The third kappa shape index (κ3) is 4.37. The van der Waals surface area contributed by atoms with Crippen molar-refractivity contribution in [1.82, 2.24) is 19.4 Å². The molecule has 168 valence electrons. The number of fused-ring (bicyclic) bond motifs is 1. The molecule has 0 spiro atoms. The number of methoxy groups -OCH3 is 1. The SMILES string of the molecule is CCC(C(=O)OC)n1ccc2cnc(Nc3ccc(N4CCN(C(C)=O)CC4)cc3)nc21. The fourth-order valence-electron chi connectivity index (χ4n) is 4.03. The number of carbonyl (C=O) groups is 2. The second-order valence-electron chi connectivity index (χ2n) is 7.81. The van der Waals surface area contributed by atoms with Gasteiger partial charge in [0.2, 0.25) is 11.9 Å². The minimum absolute atomic E-state index is 0.129. The summed E-state index contributed by atoms with van der Waals surface area (Å²) < 4.78 is 6.77. The van der Waals surface area contributed by atoms with Crippen molar-refractivity contribution in [3.05, 3.63) is 42.7 Å². The fourth-order valence-corrected chi connectivity index (χ4v) is 4.03. The van der Waals surface area contributed by atoms with Crippen LogP contribution in [-0.4, -0.2) is 64.6 Å². The summed E-state index contributed by atoms with van der Waals surface area (Å²) in [7, 11) is 1.39. The van der Waals surface area contributed by atoms with E-state index in [9.17, 15) is 9.59 Å². The van der Waals surface area contributed by atoms with Crippen LogP contribution in [0.5, 0.6) is 0 Å². The quantitative estimate of drug-likeness (QED) is 0.594. The van der Waals surface area contributed by atoms with E-state index in [1.165, 1.54) is 7.11 Å². The Hall–Kier alpha value is -3.62. The van der Waals surface area contributed by atoms with Crippen LogP contribution in [0.15, 0.2) is 42.7 Å². The van der Waals surface area contributed by atoms with Crippen molar-refractivity contribution >= 4 is 40.2 Å². The zero-order chi connectivity index (χ0) is 22.7. The normalized spacial score (nSPS) is 15.0. The van der Waals surface area contributed by atoms with Gasteiger partial charge in [0.1, 0.15) is 11.7 Å². The maximum atomic E-state index is 12.1. The molecule has 1 N–H and O–H groups in total. The zero-order valence-electron chi connectivity index (χ0n) is 18.6. The number of nitrogens with zero attached hydrogens (tertiary/aromatic N) is 5. The molecule has 1 unspecified atom stereocenters. The largest absolute Gasteiger partial charge is 0.467 e. The number of aromatic nitrogens is 3. The molecule has 1 fully saturated rings. The molecule has 3 heterocycles. The van der Waals surface area contributed by atoms with Crippen molar-refractivity contribution in [1.29, 1.82) is 0 Å².